The Morgan fingerprint density at radius 1 is 1.36 bits per heavy atom. The van der Waals surface area contributed by atoms with Gasteiger partial charge in [-0.2, -0.15) is 5.26 Å². The van der Waals surface area contributed by atoms with Crippen molar-refractivity contribution in [2.45, 2.75) is 32.2 Å². The molecule has 6 heteroatoms. The van der Waals surface area contributed by atoms with Gasteiger partial charge in [-0.1, -0.05) is 0 Å². The normalized spacial score (nSPS) is 16.0. The average molecular weight is 301 g/mol. The SMILES string of the molecule is CC(=O)Nc1ccc(OCC(=O)N[C@@](C)(C#N)C2CC2)cc1. The molecule has 1 aliphatic carbocycles. The molecule has 116 valence electrons. The number of nitrogens with zero attached hydrogens (tertiary/aromatic N) is 1. The summed E-state index contributed by atoms with van der Waals surface area (Å²) in [5.41, 5.74) is -0.148. The molecule has 0 heterocycles. The summed E-state index contributed by atoms with van der Waals surface area (Å²) >= 11 is 0. The van der Waals surface area contributed by atoms with Crippen LogP contribution in [0, 0.1) is 17.2 Å². The second-order valence-electron chi connectivity index (χ2n) is 5.63. The van der Waals surface area contributed by atoms with Crippen molar-refractivity contribution in [3.8, 4) is 11.8 Å². The van der Waals surface area contributed by atoms with Gasteiger partial charge in [0, 0.05) is 12.6 Å². The van der Waals surface area contributed by atoms with Crippen molar-refractivity contribution in [1.29, 1.82) is 5.26 Å². The van der Waals surface area contributed by atoms with Crippen LogP contribution in [0.1, 0.15) is 26.7 Å². The lowest BCUT2D eigenvalue weighted by molar-refractivity contribution is -0.124. The zero-order chi connectivity index (χ0) is 16.2. The second kappa shape index (κ2) is 6.48. The molecule has 1 saturated carbocycles. The highest BCUT2D eigenvalue weighted by Crippen LogP contribution is 2.39. The number of carbonyl (C=O) groups excluding carboxylic acids is 2. The maximum Gasteiger partial charge on any atom is 0.259 e. The zero-order valence-electron chi connectivity index (χ0n) is 12.7. The van der Waals surface area contributed by atoms with Gasteiger partial charge in [-0.3, -0.25) is 9.59 Å². The maximum absolute atomic E-state index is 11.9. The van der Waals surface area contributed by atoms with Gasteiger partial charge in [0.05, 0.1) is 6.07 Å². The molecule has 0 bridgehead atoms. The fraction of sp³-hybridized carbons (Fsp3) is 0.438. The van der Waals surface area contributed by atoms with Gasteiger partial charge in [0.2, 0.25) is 5.91 Å². The molecule has 0 radical (unpaired) electrons. The molecule has 1 aliphatic rings. The summed E-state index contributed by atoms with van der Waals surface area (Å²) in [7, 11) is 0. The third-order valence-electron chi connectivity index (χ3n) is 3.57. The minimum absolute atomic E-state index is 0.149. The topological polar surface area (TPSA) is 91.2 Å². The Hall–Kier alpha value is -2.55. The number of nitriles is 1. The van der Waals surface area contributed by atoms with E-state index in [2.05, 4.69) is 16.7 Å². The summed E-state index contributed by atoms with van der Waals surface area (Å²) < 4.78 is 5.38. The minimum atomic E-state index is -0.810. The fourth-order valence-corrected chi connectivity index (χ4v) is 2.19. The lowest BCUT2D eigenvalue weighted by Gasteiger charge is -2.22. The van der Waals surface area contributed by atoms with Crippen molar-refractivity contribution in [2.24, 2.45) is 5.92 Å². The van der Waals surface area contributed by atoms with Gasteiger partial charge >= 0.3 is 0 Å². The fourth-order valence-electron chi connectivity index (χ4n) is 2.19. The number of ether oxygens (including phenoxy) is 1. The van der Waals surface area contributed by atoms with Crippen LogP contribution in [0.3, 0.4) is 0 Å². The first-order valence-electron chi connectivity index (χ1n) is 7.15. The highest BCUT2D eigenvalue weighted by Gasteiger charge is 2.43. The Morgan fingerprint density at radius 3 is 2.50 bits per heavy atom. The Labute approximate surface area is 129 Å². The zero-order valence-corrected chi connectivity index (χ0v) is 12.7. The van der Waals surface area contributed by atoms with Crippen molar-refractivity contribution >= 4 is 17.5 Å². The Balaban J connectivity index is 1.83. The predicted octanol–water partition coefficient (Wildman–Crippen LogP) is 1.83. The van der Waals surface area contributed by atoms with E-state index in [4.69, 9.17) is 4.74 Å². The van der Waals surface area contributed by atoms with Gasteiger partial charge < -0.3 is 15.4 Å². The van der Waals surface area contributed by atoms with E-state index in [1.807, 2.05) is 0 Å². The maximum atomic E-state index is 11.9. The van der Waals surface area contributed by atoms with Crippen LogP contribution in [-0.4, -0.2) is 24.0 Å². The number of anilines is 1. The Kier molecular flexibility index (Phi) is 4.66. The van der Waals surface area contributed by atoms with Gasteiger partial charge in [0.1, 0.15) is 11.3 Å². The van der Waals surface area contributed by atoms with Gasteiger partial charge in [0.15, 0.2) is 6.61 Å². The molecule has 2 rings (SSSR count). The summed E-state index contributed by atoms with van der Waals surface area (Å²) in [5, 5.41) is 14.6. The van der Waals surface area contributed by atoms with E-state index in [9.17, 15) is 14.9 Å². The number of nitrogens with one attached hydrogen (secondary N) is 2. The monoisotopic (exact) mass is 301 g/mol. The van der Waals surface area contributed by atoms with E-state index in [0.717, 1.165) is 12.8 Å². The summed E-state index contributed by atoms with van der Waals surface area (Å²) in [6, 6.07) is 8.89. The van der Waals surface area contributed by atoms with Gasteiger partial charge in [-0.25, -0.2) is 0 Å². The van der Waals surface area contributed by atoms with Gasteiger partial charge in [-0.05, 0) is 49.9 Å². The lowest BCUT2D eigenvalue weighted by atomic mass is 9.98. The van der Waals surface area contributed by atoms with Crippen molar-refractivity contribution in [3.05, 3.63) is 24.3 Å². The third kappa shape index (κ3) is 4.22. The first-order chi connectivity index (χ1) is 10.4. The summed E-state index contributed by atoms with van der Waals surface area (Å²) in [5.74, 6) is 0.290. The number of rotatable bonds is 6. The van der Waals surface area contributed by atoms with Crippen LogP contribution in [0.25, 0.3) is 0 Å². The molecule has 2 N–H and O–H groups in total. The number of carbonyl (C=O) groups is 2. The first kappa shape index (κ1) is 15.8. The van der Waals surface area contributed by atoms with Gasteiger partial charge in [0.25, 0.3) is 5.91 Å². The Bertz CT molecular complexity index is 602. The molecular formula is C16H19N3O3. The van der Waals surface area contributed by atoms with Crippen LogP contribution in [0.15, 0.2) is 24.3 Å². The molecule has 1 atom stereocenters. The molecule has 0 saturated heterocycles. The number of benzene rings is 1. The number of hydrogen-bond acceptors (Lipinski definition) is 4. The second-order valence-corrected chi connectivity index (χ2v) is 5.63. The highest BCUT2D eigenvalue weighted by molar-refractivity contribution is 5.88. The van der Waals surface area contributed by atoms with Crippen molar-refractivity contribution in [2.75, 3.05) is 11.9 Å². The molecule has 0 aromatic heterocycles. The van der Waals surface area contributed by atoms with Crippen LogP contribution < -0.4 is 15.4 Å². The molecule has 0 spiro atoms. The van der Waals surface area contributed by atoms with Crippen LogP contribution in [-0.2, 0) is 9.59 Å². The smallest absolute Gasteiger partial charge is 0.259 e. The molecule has 2 amide bonds. The molecule has 22 heavy (non-hydrogen) atoms. The van der Waals surface area contributed by atoms with Crippen molar-refractivity contribution in [3.63, 3.8) is 0 Å². The minimum Gasteiger partial charge on any atom is -0.484 e. The number of hydrogen-bond donors (Lipinski definition) is 2. The number of amides is 2. The van der Waals surface area contributed by atoms with Crippen LogP contribution in [0.2, 0.25) is 0 Å². The third-order valence-corrected chi connectivity index (χ3v) is 3.57. The molecule has 1 fully saturated rings. The lowest BCUT2D eigenvalue weighted by Crippen LogP contribution is -2.48. The molecule has 0 unspecified atom stereocenters. The predicted molar refractivity (Wildman–Crippen MR) is 81.1 cm³/mol. The first-order valence-corrected chi connectivity index (χ1v) is 7.15. The summed E-state index contributed by atoms with van der Waals surface area (Å²) in [6.45, 7) is 3.02. The Morgan fingerprint density at radius 2 is 2.00 bits per heavy atom. The van der Waals surface area contributed by atoms with Crippen molar-refractivity contribution < 1.29 is 14.3 Å². The van der Waals surface area contributed by atoms with Crippen LogP contribution in [0.4, 0.5) is 5.69 Å². The largest absolute Gasteiger partial charge is 0.484 e. The van der Waals surface area contributed by atoms with Crippen LogP contribution >= 0.6 is 0 Å². The average Bonchev–Trinajstić information content (AvgIpc) is 3.31. The molecule has 6 nitrogen and oxygen atoms in total. The van der Waals surface area contributed by atoms with E-state index in [1.165, 1.54) is 6.92 Å². The highest BCUT2D eigenvalue weighted by atomic mass is 16.5. The van der Waals surface area contributed by atoms with E-state index in [1.54, 1.807) is 31.2 Å². The van der Waals surface area contributed by atoms with E-state index in [-0.39, 0.29) is 24.3 Å². The molecular weight excluding hydrogens is 282 g/mol. The quantitative estimate of drug-likeness (QED) is 0.838. The summed E-state index contributed by atoms with van der Waals surface area (Å²) in [6.07, 6.45) is 1.94. The van der Waals surface area contributed by atoms with E-state index < -0.39 is 5.54 Å². The van der Waals surface area contributed by atoms with E-state index >= 15 is 0 Å². The summed E-state index contributed by atoms with van der Waals surface area (Å²) in [4.78, 5) is 22.8. The van der Waals surface area contributed by atoms with E-state index in [0.29, 0.717) is 11.4 Å². The van der Waals surface area contributed by atoms with Gasteiger partial charge in [-0.15, -0.1) is 0 Å². The standard InChI is InChI=1S/C16H19N3O3/c1-11(20)18-13-5-7-14(8-6-13)22-9-15(21)19-16(2,10-17)12-3-4-12/h5-8,12H,3-4,9H2,1-2H3,(H,18,20)(H,19,21)/t16-/m0/s1. The molecule has 0 aliphatic heterocycles. The molecule has 1 aromatic carbocycles. The van der Waals surface area contributed by atoms with Crippen LogP contribution in [0.5, 0.6) is 5.75 Å². The molecule has 1 aromatic rings. The van der Waals surface area contributed by atoms with Crippen molar-refractivity contribution in [1.82, 2.24) is 5.32 Å².